The van der Waals surface area contributed by atoms with Gasteiger partial charge in [-0.2, -0.15) is 0 Å². The van der Waals surface area contributed by atoms with Gasteiger partial charge in [0.05, 0.1) is 6.10 Å². The summed E-state index contributed by atoms with van der Waals surface area (Å²) in [5.74, 6) is 0.159. The molecule has 0 heterocycles. The molecule has 1 saturated carbocycles. The molecule has 0 radical (unpaired) electrons. The van der Waals surface area contributed by atoms with Crippen molar-refractivity contribution in [3.63, 3.8) is 0 Å². The molecule has 1 nitrogen and oxygen atoms in total. The van der Waals surface area contributed by atoms with E-state index < -0.39 is 0 Å². The summed E-state index contributed by atoms with van der Waals surface area (Å²) in [5.41, 5.74) is 0.861. The summed E-state index contributed by atoms with van der Waals surface area (Å²) in [5, 5.41) is 10.1. The summed E-state index contributed by atoms with van der Waals surface area (Å²) in [6.07, 6.45) is 4.85. The number of hydrogen-bond acceptors (Lipinski definition) is 1. The molecule has 1 aliphatic carbocycles. The molecule has 0 amide bonds. The fourth-order valence-corrected chi connectivity index (χ4v) is 2.84. The van der Waals surface area contributed by atoms with Crippen molar-refractivity contribution in [3.8, 4) is 0 Å². The molecule has 2 rings (SSSR count). The van der Waals surface area contributed by atoms with Crippen molar-refractivity contribution in [3.05, 3.63) is 34.1 Å². The molecule has 1 aliphatic rings. The zero-order chi connectivity index (χ0) is 11.5. The molecule has 0 aromatic heterocycles. The summed E-state index contributed by atoms with van der Waals surface area (Å²) in [6.45, 7) is 0. The Balaban J connectivity index is 2.04. The lowest BCUT2D eigenvalue weighted by atomic mass is 9.95. The normalized spacial score (nSPS) is 18.9. The number of aliphatic hydroxyl groups is 1. The highest BCUT2D eigenvalue weighted by atomic mass is 79.9. The van der Waals surface area contributed by atoms with E-state index in [1.165, 1.54) is 25.0 Å². The van der Waals surface area contributed by atoms with Crippen LogP contribution in [0.3, 0.4) is 0 Å². The molecule has 0 spiro atoms. The lowest BCUT2D eigenvalue weighted by molar-refractivity contribution is 0.111. The van der Waals surface area contributed by atoms with Crippen LogP contribution in [0, 0.1) is 11.7 Å². The first-order valence-corrected chi connectivity index (χ1v) is 6.58. The SMILES string of the molecule is OC(Cc1cc(F)ccc1Br)C1CCCC1. The van der Waals surface area contributed by atoms with Crippen molar-refractivity contribution in [2.75, 3.05) is 0 Å². The highest BCUT2D eigenvalue weighted by molar-refractivity contribution is 9.10. The van der Waals surface area contributed by atoms with Crippen LogP contribution in [0.4, 0.5) is 4.39 Å². The van der Waals surface area contributed by atoms with Crippen molar-refractivity contribution >= 4 is 15.9 Å². The van der Waals surface area contributed by atoms with Gasteiger partial charge in [-0.25, -0.2) is 4.39 Å². The molecule has 88 valence electrons. The van der Waals surface area contributed by atoms with Gasteiger partial charge in [0.15, 0.2) is 0 Å². The van der Waals surface area contributed by atoms with Gasteiger partial charge in [-0.15, -0.1) is 0 Å². The molecule has 1 aromatic carbocycles. The van der Waals surface area contributed by atoms with Gasteiger partial charge in [0.25, 0.3) is 0 Å². The lowest BCUT2D eigenvalue weighted by Gasteiger charge is -2.18. The maximum absolute atomic E-state index is 13.1. The molecular formula is C13H16BrFO. The molecule has 1 fully saturated rings. The van der Waals surface area contributed by atoms with Crippen molar-refractivity contribution in [1.29, 1.82) is 0 Å². The number of benzene rings is 1. The molecule has 0 saturated heterocycles. The molecule has 0 aliphatic heterocycles. The van der Waals surface area contributed by atoms with E-state index in [4.69, 9.17) is 0 Å². The van der Waals surface area contributed by atoms with Gasteiger partial charge in [0.2, 0.25) is 0 Å². The third-order valence-electron chi connectivity index (χ3n) is 3.38. The Labute approximate surface area is 104 Å². The summed E-state index contributed by atoms with van der Waals surface area (Å²) in [7, 11) is 0. The smallest absolute Gasteiger partial charge is 0.123 e. The van der Waals surface area contributed by atoms with E-state index in [1.54, 1.807) is 6.07 Å². The average molecular weight is 287 g/mol. The largest absolute Gasteiger partial charge is 0.392 e. The predicted octanol–water partition coefficient (Wildman–Crippen LogP) is 3.68. The maximum atomic E-state index is 13.1. The molecule has 1 aromatic rings. The Bertz CT molecular complexity index is 361. The minimum atomic E-state index is -0.333. The summed E-state index contributed by atoms with van der Waals surface area (Å²) >= 11 is 3.39. The first-order valence-electron chi connectivity index (χ1n) is 5.79. The second-order valence-corrected chi connectivity index (χ2v) is 5.41. The number of aliphatic hydroxyl groups excluding tert-OH is 1. The van der Waals surface area contributed by atoms with E-state index >= 15 is 0 Å². The van der Waals surface area contributed by atoms with E-state index in [9.17, 15) is 9.50 Å². The Morgan fingerprint density at radius 3 is 2.75 bits per heavy atom. The summed E-state index contributed by atoms with van der Waals surface area (Å²) < 4.78 is 14.0. The van der Waals surface area contributed by atoms with Gasteiger partial charge in [0.1, 0.15) is 5.82 Å². The van der Waals surface area contributed by atoms with E-state index in [0.717, 1.165) is 22.9 Å². The van der Waals surface area contributed by atoms with Crippen LogP contribution in [0.1, 0.15) is 31.2 Å². The van der Waals surface area contributed by atoms with Crippen molar-refractivity contribution in [2.24, 2.45) is 5.92 Å². The molecule has 1 N–H and O–H groups in total. The Morgan fingerprint density at radius 2 is 2.06 bits per heavy atom. The maximum Gasteiger partial charge on any atom is 0.123 e. The van der Waals surface area contributed by atoms with Crippen molar-refractivity contribution in [2.45, 2.75) is 38.2 Å². The zero-order valence-corrected chi connectivity index (χ0v) is 10.7. The van der Waals surface area contributed by atoms with Crippen LogP contribution in [0.15, 0.2) is 22.7 Å². The van der Waals surface area contributed by atoms with Gasteiger partial charge >= 0.3 is 0 Å². The molecule has 1 unspecified atom stereocenters. The van der Waals surface area contributed by atoms with Crippen LogP contribution in [0.2, 0.25) is 0 Å². The number of hydrogen-bond donors (Lipinski definition) is 1. The van der Waals surface area contributed by atoms with E-state index in [1.807, 2.05) is 0 Å². The second kappa shape index (κ2) is 5.28. The van der Waals surface area contributed by atoms with Gasteiger partial charge < -0.3 is 5.11 Å². The molecule has 1 atom stereocenters. The fraction of sp³-hybridized carbons (Fsp3) is 0.538. The minimum absolute atomic E-state index is 0.239. The third-order valence-corrected chi connectivity index (χ3v) is 4.15. The van der Waals surface area contributed by atoms with Crippen molar-refractivity contribution < 1.29 is 9.50 Å². The summed E-state index contributed by atoms with van der Waals surface area (Å²) in [4.78, 5) is 0. The van der Waals surface area contributed by atoms with Crippen LogP contribution in [0.5, 0.6) is 0 Å². The van der Waals surface area contributed by atoms with Gasteiger partial charge in [-0.3, -0.25) is 0 Å². The highest BCUT2D eigenvalue weighted by Crippen LogP contribution is 2.30. The van der Waals surface area contributed by atoms with Gasteiger partial charge in [0, 0.05) is 4.47 Å². The molecular weight excluding hydrogens is 271 g/mol. The molecule has 16 heavy (non-hydrogen) atoms. The quantitative estimate of drug-likeness (QED) is 0.899. The standard InChI is InChI=1S/C13H16BrFO/c14-12-6-5-11(15)7-10(12)8-13(16)9-3-1-2-4-9/h5-7,9,13,16H,1-4,8H2. The lowest BCUT2D eigenvalue weighted by Crippen LogP contribution is -2.20. The third kappa shape index (κ3) is 2.83. The van der Waals surface area contributed by atoms with Gasteiger partial charge in [-0.05, 0) is 48.9 Å². The Kier molecular flexibility index (Phi) is 3.98. The number of rotatable bonds is 3. The Morgan fingerprint density at radius 1 is 1.38 bits per heavy atom. The Hall–Kier alpha value is -0.410. The second-order valence-electron chi connectivity index (χ2n) is 4.55. The molecule has 3 heteroatoms. The van der Waals surface area contributed by atoms with E-state index in [-0.39, 0.29) is 11.9 Å². The first kappa shape index (κ1) is 12.1. The van der Waals surface area contributed by atoms with Crippen molar-refractivity contribution in [1.82, 2.24) is 0 Å². The fourth-order valence-electron chi connectivity index (χ4n) is 2.43. The van der Waals surface area contributed by atoms with E-state index in [0.29, 0.717) is 12.3 Å². The first-order chi connectivity index (χ1) is 7.66. The van der Waals surface area contributed by atoms with Gasteiger partial charge in [-0.1, -0.05) is 28.8 Å². The minimum Gasteiger partial charge on any atom is -0.392 e. The monoisotopic (exact) mass is 286 g/mol. The van der Waals surface area contributed by atoms with Crippen LogP contribution in [-0.2, 0) is 6.42 Å². The van der Waals surface area contributed by atoms with Crippen LogP contribution in [0.25, 0.3) is 0 Å². The van der Waals surface area contributed by atoms with Crippen LogP contribution >= 0.6 is 15.9 Å². The molecule has 0 bridgehead atoms. The van der Waals surface area contributed by atoms with Crippen LogP contribution in [-0.4, -0.2) is 11.2 Å². The van der Waals surface area contributed by atoms with Crippen LogP contribution < -0.4 is 0 Å². The average Bonchev–Trinajstić information content (AvgIpc) is 2.76. The number of halogens is 2. The topological polar surface area (TPSA) is 20.2 Å². The predicted molar refractivity (Wildman–Crippen MR) is 65.8 cm³/mol. The zero-order valence-electron chi connectivity index (χ0n) is 9.13. The summed E-state index contributed by atoms with van der Waals surface area (Å²) in [6, 6.07) is 4.63. The van der Waals surface area contributed by atoms with E-state index in [2.05, 4.69) is 15.9 Å². The highest BCUT2D eigenvalue weighted by Gasteiger charge is 2.23.